The Kier molecular flexibility index (Phi) is 6.27. The van der Waals surface area contributed by atoms with Crippen molar-refractivity contribution >= 4 is 34.2 Å². The highest BCUT2D eigenvalue weighted by Gasteiger charge is 2.35. The first kappa shape index (κ1) is 22.3. The maximum absolute atomic E-state index is 13.3. The number of fused-ring (bicyclic) bond motifs is 1. The number of carbonyl (C=O) groups excluding carboxylic acids is 2. The molecule has 1 aliphatic rings. The summed E-state index contributed by atoms with van der Waals surface area (Å²) in [5, 5.41) is 5.91. The molecule has 3 N–H and O–H groups in total. The minimum Gasteiger partial charge on any atom is -0.361 e. The summed E-state index contributed by atoms with van der Waals surface area (Å²) in [5.74, 6) is -1.90. The highest BCUT2D eigenvalue weighted by atomic mass is 19.1. The van der Waals surface area contributed by atoms with Gasteiger partial charge in [-0.15, -0.1) is 0 Å². The number of halogens is 2. The Morgan fingerprint density at radius 1 is 1.18 bits per heavy atom. The Hall–Kier alpha value is -3.93. The van der Waals surface area contributed by atoms with Crippen LogP contribution in [0.25, 0.3) is 15.7 Å². The Morgan fingerprint density at radius 3 is 2.64 bits per heavy atom. The Bertz CT molecular complexity index is 1230. The maximum atomic E-state index is 13.3. The van der Waals surface area contributed by atoms with Crippen LogP contribution >= 0.6 is 0 Å². The molecular formula is C24H23F2N5O2. The van der Waals surface area contributed by atoms with E-state index < -0.39 is 17.7 Å². The summed E-state index contributed by atoms with van der Waals surface area (Å²) in [6.07, 6.45) is 3.51. The molecule has 2 aromatic carbocycles. The summed E-state index contributed by atoms with van der Waals surface area (Å²) in [5.41, 5.74) is 2.26. The van der Waals surface area contributed by atoms with Crippen LogP contribution in [0.1, 0.15) is 25.3 Å². The summed E-state index contributed by atoms with van der Waals surface area (Å²) >= 11 is 0. The van der Waals surface area contributed by atoms with Crippen LogP contribution in [-0.4, -0.2) is 34.5 Å². The summed E-state index contributed by atoms with van der Waals surface area (Å²) in [6.45, 7) is 9.76. The normalized spacial score (nSPS) is 16.4. The van der Waals surface area contributed by atoms with Crippen LogP contribution in [0.15, 0.2) is 42.6 Å². The zero-order chi connectivity index (χ0) is 23.5. The number of nitrogens with zero attached hydrogens (tertiary/aromatic N) is 2. The summed E-state index contributed by atoms with van der Waals surface area (Å²) < 4.78 is 26.7. The van der Waals surface area contributed by atoms with E-state index in [0.29, 0.717) is 25.1 Å². The molecule has 9 heteroatoms. The van der Waals surface area contributed by atoms with Crippen LogP contribution in [0, 0.1) is 24.1 Å². The number of urea groups is 1. The van der Waals surface area contributed by atoms with E-state index in [4.69, 9.17) is 6.57 Å². The second-order valence-corrected chi connectivity index (χ2v) is 8.20. The van der Waals surface area contributed by atoms with E-state index in [1.807, 2.05) is 13.1 Å². The first-order valence-corrected chi connectivity index (χ1v) is 10.6. The third kappa shape index (κ3) is 4.95. The largest absolute Gasteiger partial charge is 0.361 e. The monoisotopic (exact) mass is 451 g/mol. The molecular weight excluding hydrogens is 428 g/mol. The van der Waals surface area contributed by atoms with Crippen LogP contribution in [0.2, 0.25) is 0 Å². The molecule has 0 bridgehead atoms. The smallest absolute Gasteiger partial charge is 0.323 e. The summed E-state index contributed by atoms with van der Waals surface area (Å²) in [6, 6.07) is 7.41. The third-order valence-corrected chi connectivity index (χ3v) is 5.75. The van der Waals surface area contributed by atoms with E-state index in [0.717, 1.165) is 41.1 Å². The second-order valence-electron chi connectivity index (χ2n) is 8.20. The molecule has 170 valence electrons. The topological polar surface area (TPSA) is 81.6 Å². The highest BCUT2D eigenvalue weighted by Crippen LogP contribution is 2.27. The summed E-state index contributed by atoms with van der Waals surface area (Å²) in [4.78, 5) is 33.5. The zero-order valence-electron chi connectivity index (χ0n) is 18.0. The fourth-order valence-corrected chi connectivity index (χ4v) is 4.19. The molecule has 4 rings (SSSR count). The van der Waals surface area contributed by atoms with Crippen LogP contribution in [0.3, 0.4) is 0 Å². The molecule has 2 atom stereocenters. The van der Waals surface area contributed by atoms with Gasteiger partial charge >= 0.3 is 12.2 Å². The SMILES string of the molecule is [C-]#[N+][C@@H]1CCCN1C(=O)[C@@H](C)Cc1c[nH]c2ccc(NC(=O)Nc3cc(F)cc(F)c3)cc12. The van der Waals surface area contributed by atoms with E-state index in [1.165, 1.54) is 0 Å². The minimum atomic E-state index is -0.788. The molecule has 0 spiro atoms. The lowest BCUT2D eigenvalue weighted by Gasteiger charge is -2.20. The second kappa shape index (κ2) is 9.28. The molecule has 33 heavy (non-hydrogen) atoms. The molecule has 7 nitrogen and oxygen atoms in total. The van der Waals surface area contributed by atoms with Crippen molar-refractivity contribution < 1.29 is 18.4 Å². The maximum Gasteiger partial charge on any atom is 0.323 e. The Balaban J connectivity index is 1.46. The number of hydrogen-bond donors (Lipinski definition) is 3. The molecule has 1 aromatic heterocycles. The van der Waals surface area contributed by atoms with Crippen molar-refractivity contribution in [3.8, 4) is 0 Å². The van der Waals surface area contributed by atoms with Gasteiger partial charge in [0.15, 0.2) is 0 Å². The van der Waals surface area contributed by atoms with Crippen molar-refractivity contribution in [2.45, 2.75) is 32.4 Å². The lowest BCUT2D eigenvalue weighted by molar-refractivity contribution is -0.135. The number of anilines is 2. The zero-order valence-corrected chi connectivity index (χ0v) is 18.0. The molecule has 0 radical (unpaired) electrons. The van der Waals surface area contributed by atoms with Gasteiger partial charge in [-0.1, -0.05) is 6.92 Å². The average molecular weight is 451 g/mol. The van der Waals surface area contributed by atoms with Crippen LogP contribution < -0.4 is 10.6 Å². The standard InChI is InChI=1S/C24H23F2N5O2/c1-14(23(32)31-7-3-4-22(31)27-2)8-15-13-28-21-6-5-18(12-20(15)21)29-24(33)30-19-10-16(25)9-17(26)11-19/h5-6,9-14,22,28H,3-4,7-8H2,1H3,(H2,29,30,33)/t14-,22-/m0/s1. The number of nitrogens with one attached hydrogen (secondary N) is 3. The van der Waals surface area contributed by atoms with Crippen LogP contribution in [0.5, 0.6) is 0 Å². The lowest BCUT2D eigenvalue weighted by atomic mass is 9.99. The first-order chi connectivity index (χ1) is 15.8. The van der Waals surface area contributed by atoms with Gasteiger partial charge in [0, 0.05) is 53.4 Å². The molecule has 0 aliphatic carbocycles. The number of aromatic nitrogens is 1. The molecule has 0 saturated carbocycles. The first-order valence-electron chi connectivity index (χ1n) is 10.6. The van der Waals surface area contributed by atoms with Crippen molar-refractivity contribution in [2.24, 2.45) is 5.92 Å². The van der Waals surface area contributed by atoms with E-state index in [2.05, 4.69) is 20.5 Å². The van der Waals surface area contributed by atoms with E-state index in [9.17, 15) is 18.4 Å². The van der Waals surface area contributed by atoms with Gasteiger partial charge in [0.2, 0.25) is 5.91 Å². The third-order valence-electron chi connectivity index (χ3n) is 5.75. The Labute approximate surface area is 189 Å². The number of H-pyrrole nitrogens is 1. The fraction of sp³-hybridized carbons (Fsp3) is 0.292. The molecule has 0 unspecified atom stereocenters. The number of benzene rings is 2. The molecule has 2 heterocycles. The number of aromatic amines is 1. The van der Waals surface area contributed by atoms with Crippen molar-refractivity contribution in [2.75, 3.05) is 17.2 Å². The van der Waals surface area contributed by atoms with Gasteiger partial charge in [0.1, 0.15) is 11.6 Å². The predicted molar refractivity (Wildman–Crippen MR) is 122 cm³/mol. The molecule has 1 fully saturated rings. The van der Waals surface area contributed by atoms with Gasteiger partial charge in [0.25, 0.3) is 0 Å². The number of rotatable bonds is 5. The average Bonchev–Trinajstić information content (AvgIpc) is 3.39. The van der Waals surface area contributed by atoms with Gasteiger partial charge in [-0.05, 0) is 48.7 Å². The van der Waals surface area contributed by atoms with Crippen molar-refractivity contribution in [3.05, 3.63) is 71.2 Å². The van der Waals surface area contributed by atoms with Gasteiger partial charge in [-0.2, -0.15) is 0 Å². The molecule has 1 saturated heterocycles. The van der Waals surface area contributed by atoms with E-state index in [-0.39, 0.29) is 23.7 Å². The van der Waals surface area contributed by atoms with Crippen molar-refractivity contribution in [1.29, 1.82) is 0 Å². The quantitative estimate of drug-likeness (QED) is 0.470. The lowest BCUT2D eigenvalue weighted by Crippen LogP contribution is -2.38. The van der Waals surface area contributed by atoms with Gasteiger partial charge in [0.05, 0.1) is 0 Å². The highest BCUT2D eigenvalue weighted by molar-refractivity contribution is 6.01. The summed E-state index contributed by atoms with van der Waals surface area (Å²) in [7, 11) is 0. The van der Waals surface area contributed by atoms with Gasteiger partial charge in [-0.25, -0.2) is 20.1 Å². The van der Waals surface area contributed by atoms with Gasteiger partial charge in [-0.3, -0.25) is 14.5 Å². The predicted octanol–water partition coefficient (Wildman–Crippen LogP) is 5.14. The number of carbonyl (C=O) groups is 2. The van der Waals surface area contributed by atoms with E-state index in [1.54, 1.807) is 23.1 Å². The number of hydrogen-bond acceptors (Lipinski definition) is 2. The molecule has 1 aliphatic heterocycles. The number of likely N-dealkylation sites (tertiary alicyclic amines) is 1. The molecule has 3 amide bonds. The van der Waals surface area contributed by atoms with Crippen molar-refractivity contribution in [3.63, 3.8) is 0 Å². The fourth-order valence-electron chi connectivity index (χ4n) is 4.19. The van der Waals surface area contributed by atoms with Crippen molar-refractivity contribution in [1.82, 2.24) is 9.88 Å². The van der Waals surface area contributed by atoms with Gasteiger partial charge < -0.3 is 15.6 Å². The van der Waals surface area contributed by atoms with Crippen LogP contribution in [-0.2, 0) is 11.2 Å². The Morgan fingerprint density at radius 2 is 1.91 bits per heavy atom. The van der Waals surface area contributed by atoms with E-state index >= 15 is 0 Å². The minimum absolute atomic E-state index is 0.000351. The number of amides is 3. The van der Waals surface area contributed by atoms with Crippen LogP contribution in [0.4, 0.5) is 25.0 Å². The molecule has 3 aromatic rings.